The van der Waals surface area contributed by atoms with Crippen molar-refractivity contribution in [2.75, 3.05) is 31.9 Å². The van der Waals surface area contributed by atoms with Crippen molar-refractivity contribution in [2.45, 2.75) is 44.3 Å². The average molecular weight is 270 g/mol. The van der Waals surface area contributed by atoms with E-state index < -0.39 is 0 Å². The molecule has 3 nitrogen and oxygen atoms in total. The highest BCUT2D eigenvalue weighted by atomic mass is 32.2. The van der Waals surface area contributed by atoms with E-state index in [1.54, 1.807) is 0 Å². The molecule has 0 aliphatic carbocycles. The van der Waals surface area contributed by atoms with Gasteiger partial charge in [0.25, 0.3) is 0 Å². The van der Waals surface area contributed by atoms with Crippen LogP contribution in [-0.4, -0.2) is 48.0 Å². The molecule has 2 fully saturated rings. The van der Waals surface area contributed by atoms with Crippen molar-refractivity contribution >= 4 is 17.7 Å². The number of piperidine rings is 1. The number of likely N-dealkylation sites (tertiary alicyclic amines) is 1. The van der Waals surface area contributed by atoms with Crippen LogP contribution < -0.4 is 5.32 Å². The largest absolute Gasteiger partial charge is 0.341 e. The predicted molar refractivity (Wildman–Crippen MR) is 77.9 cm³/mol. The Hall–Kier alpha value is -0.220. The number of hydrogen-bond donors (Lipinski definition) is 1. The number of amides is 1. The first-order valence-corrected chi connectivity index (χ1v) is 8.47. The molecule has 1 unspecified atom stereocenters. The summed E-state index contributed by atoms with van der Waals surface area (Å²) in [6.45, 7) is 6.22. The fraction of sp³-hybridized carbons (Fsp3) is 0.929. The van der Waals surface area contributed by atoms with Gasteiger partial charge in [0.05, 0.1) is 0 Å². The van der Waals surface area contributed by atoms with Gasteiger partial charge in [-0.25, -0.2) is 0 Å². The molecule has 0 radical (unpaired) electrons. The maximum Gasteiger partial charge on any atom is 0.225 e. The zero-order valence-electron chi connectivity index (χ0n) is 11.5. The Kier molecular flexibility index (Phi) is 5.83. The molecule has 104 valence electrons. The maximum atomic E-state index is 12.5. The molecule has 1 amide bonds. The number of carbonyl (C=O) groups excluding carboxylic acids is 1. The van der Waals surface area contributed by atoms with E-state index in [9.17, 15) is 4.79 Å². The maximum absolute atomic E-state index is 12.5. The molecule has 1 N–H and O–H groups in total. The Balaban J connectivity index is 1.90. The van der Waals surface area contributed by atoms with Crippen LogP contribution in [0.4, 0.5) is 0 Å². The minimum atomic E-state index is 0.289. The standard InChI is InChI=1S/C14H26N2OS/c1-2-18-13-5-3-4-10-16(11-13)14(17)12-6-8-15-9-7-12/h12-13,15H,2-11H2,1H3. The van der Waals surface area contributed by atoms with Crippen LogP contribution in [0.1, 0.15) is 39.0 Å². The van der Waals surface area contributed by atoms with Gasteiger partial charge < -0.3 is 10.2 Å². The highest BCUT2D eigenvalue weighted by molar-refractivity contribution is 7.99. The van der Waals surface area contributed by atoms with Gasteiger partial charge in [0.1, 0.15) is 0 Å². The Morgan fingerprint density at radius 2 is 2.06 bits per heavy atom. The summed E-state index contributed by atoms with van der Waals surface area (Å²) in [5.74, 6) is 1.89. The summed E-state index contributed by atoms with van der Waals surface area (Å²) >= 11 is 2.03. The van der Waals surface area contributed by atoms with E-state index in [1.165, 1.54) is 25.0 Å². The van der Waals surface area contributed by atoms with E-state index in [1.807, 2.05) is 11.8 Å². The smallest absolute Gasteiger partial charge is 0.225 e. The highest BCUT2D eigenvalue weighted by Crippen LogP contribution is 2.24. The number of hydrogen-bond acceptors (Lipinski definition) is 3. The summed E-state index contributed by atoms with van der Waals surface area (Å²) in [7, 11) is 0. The Bertz CT molecular complexity index is 267. The molecule has 18 heavy (non-hydrogen) atoms. The van der Waals surface area contributed by atoms with E-state index in [4.69, 9.17) is 0 Å². The lowest BCUT2D eigenvalue weighted by atomic mass is 9.96. The second-order valence-electron chi connectivity index (χ2n) is 5.38. The van der Waals surface area contributed by atoms with Gasteiger partial charge in [-0.05, 0) is 44.5 Å². The van der Waals surface area contributed by atoms with Gasteiger partial charge in [-0.3, -0.25) is 4.79 Å². The summed E-state index contributed by atoms with van der Waals surface area (Å²) in [5.41, 5.74) is 0. The van der Waals surface area contributed by atoms with E-state index in [0.717, 1.165) is 39.0 Å². The van der Waals surface area contributed by atoms with Gasteiger partial charge in [-0.2, -0.15) is 11.8 Å². The van der Waals surface area contributed by atoms with E-state index in [0.29, 0.717) is 11.2 Å². The number of rotatable bonds is 3. The zero-order valence-corrected chi connectivity index (χ0v) is 12.3. The molecular weight excluding hydrogens is 244 g/mol. The first-order chi connectivity index (χ1) is 8.81. The molecular formula is C14H26N2OS. The summed E-state index contributed by atoms with van der Waals surface area (Å²) in [5, 5.41) is 4.01. The lowest BCUT2D eigenvalue weighted by molar-refractivity contribution is -0.136. The third kappa shape index (κ3) is 3.89. The van der Waals surface area contributed by atoms with Gasteiger partial charge in [-0.1, -0.05) is 13.3 Å². The normalized spacial score (nSPS) is 26.9. The van der Waals surface area contributed by atoms with Crippen LogP contribution in [0.3, 0.4) is 0 Å². The third-order valence-electron chi connectivity index (χ3n) is 4.03. The van der Waals surface area contributed by atoms with Gasteiger partial charge in [0.15, 0.2) is 0 Å². The van der Waals surface area contributed by atoms with Gasteiger partial charge >= 0.3 is 0 Å². The van der Waals surface area contributed by atoms with E-state index >= 15 is 0 Å². The molecule has 2 saturated heterocycles. The summed E-state index contributed by atoms with van der Waals surface area (Å²) in [6, 6.07) is 0. The molecule has 0 aromatic rings. The van der Waals surface area contributed by atoms with Crippen LogP contribution in [0.25, 0.3) is 0 Å². The SMILES string of the molecule is CCSC1CCCCN(C(=O)C2CCNCC2)C1. The topological polar surface area (TPSA) is 32.3 Å². The second kappa shape index (κ2) is 7.39. The Morgan fingerprint density at radius 1 is 1.28 bits per heavy atom. The summed E-state index contributed by atoms with van der Waals surface area (Å²) < 4.78 is 0. The Labute approximate surface area is 115 Å². The van der Waals surface area contributed by atoms with Crippen LogP contribution in [-0.2, 0) is 4.79 Å². The molecule has 0 spiro atoms. The third-order valence-corrected chi connectivity index (χ3v) is 5.22. The lowest BCUT2D eigenvalue weighted by Gasteiger charge is -2.30. The van der Waals surface area contributed by atoms with Crippen molar-refractivity contribution in [3.63, 3.8) is 0 Å². The minimum Gasteiger partial charge on any atom is -0.341 e. The monoisotopic (exact) mass is 270 g/mol. The van der Waals surface area contributed by atoms with E-state index in [2.05, 4.69) is 17.1 Å². The predicted octanol–water partition coefficient (Wildman–Crippen LogP) is 2.12. The molecule has 0 aromatic heterocycles. The second-order valence-corrected chi connectivity index (χ2v) is 6.96. The fourth-order valence-electron chi connectivity index (χ4n) is 3.00. The number of carbonyl (C=O) groups is 1. The zero-order chi connectivity index (χ0) is 12.8. The molecule has 0 bridgehead atoms. The lowest BCUT2D eigenvalue weighted by Crippen LogP contribution is -2.43. The first kappa shape index (κ1) is 14.2. The summed E-state index contributed by atoms with van der Waals surface area (Å²) in [4.78, 5) is 14.7. The Morgan fingerprint density at radius 3 is 2.78 bits per heavy atom. The summed E-state index contributed by atoms with van der Waals surface area (Å²) in [6.07, 6.45) is 5.82. The van der Waals surface area contributed by atoms with Crippen LogP contribution in [0.2, 0.25) is 0 Å². The fourth-order valence-corrected chi connectivity index (χ4v) is 4.09. The van der Waals surface area contributed by atoms with Crippen molar-refractivity contribution in [3.05, 3.63) is 0 Å². The number of thioether (sulfide) groups is 1. The molecule has 1 atom stereocenters. The molecule has 2 aliphatic rings. The molecule has 4 heteroatoms. The van der Waals surface area contributed by atoms with Gasteiger partial charge in [-0.15, -0.1) is 0 Å². The van der Waals surface area contributed by atoms with Gasteiger partial charge in [0.2, 0.25) is 5.91 Å². The number of nitrogens with one attached hydrogen (secondary N) is 1. The average Bonchev–Trinajstić information content (AvgIpc) is 2.65. The van der Waals surface area contributed by atoms with Crippen molar-refractivity contribution < 1.29 is 4.79 Å². The molecule has 2 aliphatic heterocycles. The van der Waals surface area contributed by atoms with Crippen molar-refractivity contribution in [2.24, 2.45) is 5.92 Å². The number of nitrogens with zero attached hydrogens (tertiary/aromatic N) is 1. The molecule has 0 saturated carbocycles. The van der Waals surface area contributed by atoms with Crippen LogP contribution >= 0.6 is 11.8 Å². The van der Waals surface area contributed by atoms with Crippen LogP contribution in [0.5, 0.6) is 0 Å². The minimum absolute atomic E-state index is 0.289. The van der Waals surface area contributed by atoms with E-state index in [-0.39, 0.29) is 5.92 Å². The van der Waals surface area contributed by atoms with Crippen LogP contribution in [0, 0.1) is 5.92 Å². The van der Waals surface area contributed by atoms with Crippen molar-refractivity contribution in [3.8, 4) is 0 Å². The van der Waals surface area contributed by atoms with Crippen molar-refractivity contribution in [1.29, 1.82) is 0 Å². The van der Waals surface area contributed by atoms with Crippen molar-refractivity contribution in [1.82, 2.24) is 10.2 Å². The first-order valence-electron chi connectivity index (χ1n) is 7.42. The quantitative estimate of drug-likeness (QED) is 0.852. The molecule has 2 rings (SSSR count). The highest BCUT2D eigenvalue weighted by Gasteiger charge is 2.28. The van der Waals surface area contributed by atoms with Crippen LogP contribution in [0.15, 0.2) is 0 Å². The van der Waals surface area contributed by atoms with Gasteiger partial charge in [0, 0.05) is 24.3 Å². The molecule has 2 heterocycles. The molecule has 0 aromatic carbocycles.